The summed E-state index contributed by atoms with van der Waals surface area (Å²) in [5.41, 5.74) is 6.98. The second-order valence-electron chi connectivity index (χ2n) is 3.54. The van der Waals surface area contributed by atoms with E-state index in [0.717, 1.165) is 22.0 Å². The Morgan fingerprint density at radius 1 is 1.38 bits per heavy atom. The third kappa shape index (κ3) is 2.13. The lowest BCUT2D eigenvalue weighted by molar-refractivity contribution is 0.631. The average molecular weight is 236 g/mol. The number of aromatic nitrogens is 1. The first kappa shape index (κ1) is 11.2. The third-order valence-electron chi connectivity index (χ3n) is 2.32. The van der Waals surface area contributed by atoms with Crippen LogP contribution in [0.3, 0.4) is 0 Å². The number of nitrogens with two attached hydrogens (primary N) is 1. The predicted octanol–water partition coefficient (Wildman–Crippen LogP) is 2.76. The smallest absolute Gasteiger partial charge is 0.131 e. The molecule has 2 N–H and O–H groups in total. The monoisotopic (exact) mass is 236 g/mol. The fraction of sp³-hybridized carbons (Fsp3) is 0.250. The van der Waals surface area contributed by atoms with Crippen molar-refractivity contribution in [3.63, 3.8) is 0 Å². The highest BCUT2D eigenvalue weighted by atomic mass is 32.1. The molecule has 4 heteroatoms. The summed E-state index contributed by atoms with van der Waals surface area (Å²) in [5.74, 6) is -0.200. The van der Waals surface area contributed by atoms with Crippen LogP contribution in [-0.4, -0.2) is 11.5 Å². The van der Waals surface area contributed by atoms with Crippen LogP contribution in [-0.2, 0) is 6.42 Å². The average Bonchev–Trinajstić information content (AvgIpc) is 2.61. The van der Waals surface area contributed by atoms with Crippen molar-refractivity contribution in [2.24, 2.45) is 5.73 Å². The molecule has 0 aliphatic rings. The first-order chi connectivity index (χ1) is 7.72. The van der Waals surface area contributed by atoms with Gasteiger partial charge < -0.3 is 5.73 Å². The summed E-state index contributed by atoms with van der Waals surface area (Å²) in [6.07, 6.45) is 0.750. The molecule has 0 atom stereocenters. The number of halogens is 1. The molecule has 0 amide bonds. The van der Waals surface area contributed by atoms with E-state index in [-0.39, 0.29) is 5.82 Å². The van der Waals surface area contributed by atoms with Gasteiger partial charge in [0.15, 0.2) is 0 Å². The molecule has 16 heavy (non-hydrogen) atoms. The van der Waals surface area contributed by atoms with E-state index in [1.165, 1.54) is 17.4 Å². The minimum Gasteiger partial charge on any atom is -0.330 e. The number of rotatable bonds is 3. The Morgan fingerprint density at radius 3 is 2.81 bits per heavy atom. The minimum absolute atomic E-state index is 0.200. The van der Waals surface area contributed by atoms with Crippen molar-refractivity contribution < 1.29 is 4.39 Å². The zero-order valence-corrected chi connectivity index (χ0v) is 9.85. The van der Waals surface area contributed by atoms with E-state index in [0.29, 0.717) is 12.1 Å². The lowest BCUT2D eigenvalue weighted by atomic mass is 10.1. The Balaban J connectivity index is 2.44. The van der Waals surface area contributed by atoms with E-state index >= 15 is 0 Å². The molecule has 0 saturated heterocycles. The minimum atomic E-state index is -0.200. The lowest BCUT2D eigenvalue weighted by Crippen LogP contribution is -2.01. The molecule has 1 aromatic heterocycles. The lowest BCUT2D eigenvalue weighted by Gasteiger charge is -1.99. The molecule has 0 fully saturated rings. The first-order valence-corrected chi connectivity index (χ1v) is 5.95. The van der Waals surface area contributed by atoms with Gasteiger partial charge >= 0.3 is 0 Å². The van der Waals surface area contributed by atoms with Crippen molar-refractivity contribution >= 4 is 11.3 Å². The highest BCUT2D eigenvalue weighted by Crippen LogP contribution is 2.31. The van der Waals surface area contributed by atoms with Gasteiger partial charge in [-0.15, -0.1) is 11.3 Å². The molecule has 0 spiro atoms. The van der Waals surface area contributed by atoms with Gasteiger partial charge in [0.1, 0.15) is 5.82 Å². The van der Waals surface area contributed by atoms with Gasteiger partial charge in [0.2, 0.25) is 0 Å². The third-order valence-corrected chi connectivity index (χ3v) is 3.57. The Kier molecular flexibility index (Phi) is 3.31. The summed E-state index contributed by atoms with van der Waals surface area (Å²) in [6.45, 7) is 2.47. The maximum Gasteiger partial charge on any atom is 0.131 e. The second-order valence-corrected chi connectivity index (χ2v) is 4.62. The molecule has 2 rings (SSSR count). The summed E-state index contributed by atoms with van der Waals surface area (Å²) >= 11 is 1.52. The van der Waals surface area contributed by atoms with E-state index in [1.807, 2.05) is 13.0 Å². The number of hydrogen-bond acceptors (Lipinski definition) is 3. The Labute approximate surface area is 97.9 Å². The predicted molar refractivity (Wildman–Crippen MR) is 65.0 cm³/mol. The van der Waals surface area contributed by atoms with E-state index in [1.54, 1.807) is 12.1 Å². The van der Waals surface area contributed by atoms with Gasteiger partial charge in [0, 0.05) is 12.0 Å². The van der Waals surface area contributed by atoms with Gasteiger partial charge in [-0.05, 0) is 19.5 Å². The molecule has 0 saturated carbocycles. The van der Waals surface area contributed by atoms with Crippen LogP contribution in [0.4, 0.5) is 4.39 Å². The van der Waals surface area contributed by atoms with Gasteiger partial charge in [-0.2, -0.15) is 0 Å². The van der Waals surface area contributed by atoms with Crippen LogP contribution in [0.25, 0.3) is 10.4 Å². The molecule has 0 radical (unpaired) electrons. The molecule has 2 aromatic rings. The van der Waals surface area contributed by atoms with Crippen molar-refractivity contribution in [3.05, 3.63) is 40.8 Å². The van der Waals surface area contributed by atoms with Crippen LogP contribution in [0.2, 0.25) is 0 Å². The van der Waals surface area contributed by atoms with Crippen LogP contribution in [0, 0.1) is 12.7 Å². The van der Waals surface area contributed by atoms with Crippen molar-refractivity contribution in [3.8, 4) is 10.4 Å². The molecule has 0 aliphatic carbocycles. The number of thiazole rings is 1. The number of benzene rings is 1. The molecule has 84 valence electrons. The van der Waals surface area contributed by atoms with Crippen LogP contribution in [0.5, 0.6) is 0 Å². The Bertz CT molecular complexity index is 494. The summed E-state index contributed by atoms with van der Waals surface area (Å²) in [4.78, 5) is 5.29. The van der Waals surface area contributed by atoms with E-state index in [4.69, 9.17) is 5.73 Å². The van der Waals surface area contributed by atoms with Crippen LogP contribution in [0.1, 0.15) is 10.7 Å². The maximum absolute atomic E-state index is 13.6. The quantitative estimate of drug-likeness (QED) is 0.890. The fourth-order valence-electron chi connectivity index (χ4n) is 1.58. The number of hydrogen-bond donors (Lipinski definition) is 1. The first-order valence-electron chi connectivity index (χ1n) is 5.13. The Morgan fingerprint density at radius 2 is 2.12 bits per heavy atom. The molecule has 0 aliphatic heterocycles. The zero-order valence-electron chi connectivity index (χ0n) is 9.03. The summed E-state index contributed by atoms with van der Waals surface area (Å²) in [6, 6.07) is 6.77. The van der Waals surface area contributed by atoms with Crippen molar-refractivity contribution in [1.82, 2.24) is 4.98 Å². The van der Waals surface area contributed by atoms with Gasteiger partial charge in [-0.1, -0.05) is 18.2 Å². The zero-order chi connectivity index (χ0) is 11.5. The topological polar surface area (TPSA) is 38.9 Å². The van der Waals surface area contributed by atoms with Crippen molar-refractivity contribution in [2.45, 2.75) is 13.3 Å². The van der Waals surface area contributed by atoms with Crippen molar-refractivity contribution in [1.29, 1.82) is 0 Å². The summed E-state index contributed by atoms with van der Waals surface area (Å²) in [5, 5.41) is 0.971. The maximum atomic E-state index is 13.6. The molecular weight excluding hydrogens is 223 g/mol. The normalized spacial score (nSPS) is 10.7. The molecule has 2 nitrogen and oxygen atoms in total. The van der Waals surface area contributed by atoms with E-state index in [2.05, 4.69) is 4.98 Å². The summed E-state index contributed by atoms with van der Waals surface area (Å²) in [7, 11) is 0. The van der Waals surface area contributed by atoms with Crippen LogP contribution >= 0.6 is 11.3 Å². The largest absolute Gasteiger partial charge is 0.330 e. The number of nitrogens with zero attached hydrogens (tertiary/aromatic N) is 1. The van der Waals surface area contributed by atoms with E-state index < -0.39 is 0 Å². The van der Waals surface area contributed by atoms with Crippen LogP contribution < -0.4 is 5.73 Å². The molecular formula is C12H13FN2S. The highest BCUT2D eigenvalue weighted by molar-refractivity contribution is 7.15. The highest BCUT2D eigenvalue weighted by Gasteiger charge is 2.12. The molecule has 0 bridgehead atoms. The SMILES string of the molecule is Cc1nc(CCN)sc1-c1ccccc1F. The van der Waals surface area contributed by atoms with Gasteiger partial charge in [0.25, 0.3) is 0 Å². The van der Waals surface area contributed by atoms with Crippen LogP contribution in [0.15, 0.2) is 24.3 Å². The number of aryl methyl sites for hydroxylation is 1. The fourth-order valence-corrected chi connectivity index (χ4v) is 2.68. The van der Waals surface area contributed by atoms with E-state index in [9.17, 15) is 4.39 Å². The second kappa shape index (κ2) is 4.72. The van der Waals surface area contributed by atoms with Crippen molar-refractivity contribution in [2.75, 3.05) is 6.54 Å². The van der Waals surface area contributed by atoms with Gasteiger partial charge in [0.05, 0.1) is 15.6 Å². The van der Waals surface area contributed by atoms with Gasteiger partial charge in [-0.3, -0.25) is 0 Å². The van der Waals surface area contributed by atoms with Gasteiger partial charge in [-0.25, -0.2) is 9.37 Å². The standard InChI is InChI=1S/C12H13FN2S/c1-8-12(16-11(15-8)6-7-14)9-4-2-3-5-10(9)13/h2-5H,6-7,14H2,1H3. The Hall–Kier alpha value is -1.26. The molecule has 0 unspecified atom stereocenters. The molecule has 1 heterocycles. The molecule has 1 aromatic carbocycles. The summed E-state index contributed by atoms with van der Waals surface area (Å²) < 4.78 is 13.6.